The highest BCUT2D eigenvalue weighted by molar-refractivity contribution is 14.1. The standard InChI is InChI=1S/C13H12IN/c14-12-5-1-10(2-6-12)9-11-3-7-13(15)8-4-11/h1,3-9H,2,15H2/b10-9+. The molecule has 1 aliphatic carbocycles. The molecule has 0 spiro atoms. The van der Waals surface area contributed by atoms with Gasteiger partial charge in [0.05, 0.1) is 0 Å². The maximum atomic E-state index is 5.63. The van der Waals surface area contributed by atoms with Crippen LogP contribution in [0, 0.1) is 0 Å². The van der Waals surface area contributed by atoms with Crippen molar-refractivity contribution in [3.05, 3.63) is 57.2 Å². The van der Waals surface area contributed by atoms with E-state index in [2.05, 4.69) is 46.9 Å². The molecule has 0 unspecified atom stereocenters. The molecule has 2 heteroatoms. The molecular weight excluding hydrogens is 297 g/mol. The lowest BCUT2D eigenvalue weighted by atomic mass is 10.0. The van der Waals surface area contributed by atoms with E-state index in [4.69, 9.17) is 5.73 Å². The molecule has 1 aromatic carbocycles. The number of allylic oxidation sites excluding steroid dienone is 5. The number of hydrogen-bond acceptors (Lipinski definition) is 1. The molecule has 1 aromatic rings. The van der Waals surface area contributed by atoms with Crippen LogP contribution in [0.1, 0.15) is 12.0 Å². The predicted octanol–water partition coefficient (Wildman–Crippen LogP) is 3.93. The summed E-state index contributed by atoms with van der Waals surface area (Å²) in [6, 6.07) is 7.94. The summed E-state index contributed by atoms with van der Waals surface area (Å²) in [4.78, 5) is 0. The third kappa shape index (κ3) is 2.96. The van der Waals surface area contributed by atoms with Crippen molar-refractivity contribution < 1.29 is 0 Å². The summed E-state index contributed by atoms with van der Waals surface area (Å²) in [5.74, 6) is 0. The molecule has 76 valence electrons. The minimum Gasteiger partial charge on any atom is -0.399 e. The topological polar surface area (TPSA) is 26.0 Å². The van der Waals surface area contributed by atoms with Gasteiger partial charge in [-0.1, -0.05) is 30.4 Å². The molecule has 0 aliphatic heterocycles. The largest absolute Gasteiger partial charge is 0.399 e. The molecule has 0 atom stereocenters. The second-order valence-corrected chi connectivity index (χ2v) is 4.76. The first-order valence-corrected chi connectivity index (χ1v) is 5.92. The number of hydrogen-bond donors (Lipinski definition) is 1. The Morgan fingerprint density at radius 1 is 1.13 bits per heavy atom. The Bertz CT molecular complexity index is 438. The van der Waals surface area contributed by atoms with Crippen LogP contribution in [0.5, 0.6) is 0 Å². The van der Waals surface area contributed by atoms with Crippen molar-refractivity contribution in [3.63, 3.8) is 0 Å². The Balaban J connectivity index is 2.18. The lowest BCUT2D eigenvalue weighted by Gasteiger charge is -2.04. The molecule has 0 aromatic heterocycles. The van der Waals surface area contributed by atoms with E-state index in [1.54, 1.807) is 0 Å². The molecule has 0 saturated heterocycles. The highest BCUT2D eigenvalue weighted by Gasteiger charge is 1.98. The van der Waals surface area contributed by atoms with Crippen LogP contribution in [0.15, 0.2) is 51.6 Å². The number of anilines is 1. The fraction of sp³-hybridized carbons (Fsp3) is 0.0769. The Morgan fingerprint density at radius 3 is 2.47 bits per heavy atom. The van der Waals surface area contributed by atoms with Crippen LogP contribution in [0.25, 0.3) is 6.08 Å². The number of nitrogen functional groups attached to an aromatic ring is 1. The fourth-order valence-corrected chi connectivity index (χ4v) is 1.85. The van der Waals surface area contributed by atoms with E-state index in [1.807, 2.05) is 24.3 Å². The van der Waals surface area contributed by atoms with Crippen molar-refractivity contribution in [3.8, 4) is 0 Å². The van der Waals surface area contributed by atoms with Crippen molar-refractivity contribution in [1.29, 1.82) is 0 Å². The van der Waals surface area contributed by atoms with Crippen LogP contribution >= 0.6 is 22.6 Å². The molecule has 1 nitrogen and oxygen atoms in total. The lowest BCUT2D eigenvalue weighted by molar-refractivity contribution is 1.28. The zero-order valence-corrected chi connectivity index (χ0v) is 10.4. The Kier molecular flexibility index (Phi) is 3.26. The second-order valence-electron chi connectivity index (χ2n) is 3.51. The number of benzene rings is 1. The molecule has 0 radical (unpaired) electrons. The van der Waals surface area contributed by atoms with Gasteiger partial charge in [0.15, 0.2) is 0 Å². The second kappa shape index (κ2) is 4.66. The first-order valence-electron chi connectivity index (χ1n) is 4.84. The molecule has 2 N–H and O–H groups in total. The summed E-state index contributed by atoms with van der Waals surface area (Å²) >= 11 is 2.33. The fourth-order valence-electron chi connectivity index (χ4n) is 1.45. The van der Waals surface area contributed by atoms with Crippen LogP contribution in [-0.4, -0.2) is 0 Å². The van der Waals surface area contributed by atoms with Crippen LogP contribution < -0.4 is 5.73 Å². The van der Waals surface area contributed by atoms with Crippen molar-refractivity contribution in [1.82, 2.24) is 0 Å². The van der Waals surface area contributed by atoms with Gasteiger partial charge in [0.25, 0.3) is 0 Å². The highest BCUT2D eigenvalue weighted by atomic mass is 127. The summed E-state index contributed by atoms with van der Waals surface area (Å²) in [6.07, 6.45) is 9.73. The number of rotatable bonds is 1. The third-order valence-corrected chi connectivity index (χ3v) is 3.08. The Morgan fingerprint density at radius 2 is 1.87 bits per heavy atom. The zero-order valence-electron chi connectivity index (χ0n) is 8.28. The molecule has 0 fully saturated rings. The van der Waals surface area contributed by atoms with Gasteiger partial charge < -0.3 is 5.73 Å². The van der Waals surface area contributed by atoms with E-state index in [0.29, 0.717) is 0 Å². The Labute approximate surface area is 104 Å². The molecular formula is C13H12IN. The first kappa shape index (κ1) is 10.5. The van der Waals surface area contributed by atoms with Gasteiger partial charge in [-0.3, -0.25) is 0 Å². The predicted molar refractivity (Wildman–Crippen MR) is 74.7 cm³/mol. The van der Waals surface area contributed by atoms with Gasteiger partial charge in [-0.2, -0.15) is 0 Å². The van der Waals surface area contributed by atoms with Crippen LogP contribution in [0.2, 0.25) is 0 Å². The van der Waals surface area contributed by atoms with Gasteiger partial charge in [-0.15, -0.1) is 0 Å². The van der Waals surface area contributed by atoms with E-state index in [1.165, 1.54) is 14.7 Å². The lowest BCUT2D eigenvalue weighted by Crippen LogP contribution is -1.85. The zero-order chi connectivity index (χ0) is 10.7. The molecule has 0 saturated carbocycles. The van der Waals surface area contributed by atoms with Gasteiger partial charge in [0.2, 0.25) is 0 Å². The normalized spacial score (nSPS) is 17.9. The number of nitrogens with two attached hydrogens (primary N) is 1. The molecule has 0 amide bonds. The average molecular weight is 309 g/mol. The molecule has 15 heavy (non-hydrogen) atoms. The number of halogens is 1. The summed E-state index contributed by atoms with van der Waals surface area (Å²) in [7, 11) is 0. The molecule has 0 bridgehead atoms. The van der Waals surface area contributed by atoms with Gasteiger partial charge in [0.1, 0.15) is 0 Å². The van der Waals surface area contributed by atoms with E-state index >= 15 is 0 Å². The van der Waals surface area contributed by atoms with Crippen molar-refractivity contribution in [2.45, 2.75) is 6.42 Å². The molecule has 0 heterocycles. The average Bonchev–Trinajstić information content (AvgIpc) is 2.25. The highest BCUT2D eigenvalue weighted by Crippen LogP contribution is 2.22. The van der Waals surface area contributed by atoms with Crippen LogP contribution in [0.3, 0.4) is 0 Å². The van der Waals surface area contributed by atoms with Crippen molar-refractivity contribution in [2.75, 3.05) is 5.73 Å². The van der Waals surface area contributed by atoms with Crippen LogP contribution in [-0.2, 0) is 0 Å². The quantitative estimate of drug-likeness (QED) is 0.617. The van der Waals surface area contributed by atoms with E-state index in [0.717, 1.165) is 12.1 Å². The van der Waals surface area contributed by atoms with E-state index in [9.17, 15) is 0 Å². The van der Waals surface area contributed by atoms with Gasteiger partial charge in [0, 0.05) is 9.27 Å². The maximum absolute atomic E-state index is 5.63. The smallest absolute Gasteiger partial charge is 0.0314 e. The van der Waals surface area contributed by atoms with Gasteiger partial charge >= 0.3 is 0 Å². The summed E-state index contributed by atoms with van der Waals surface area (Å²) in [5.41, 5.74) is 8.98. The third-order valence-electron chi connectivity index (χ3n) is 2.28. The maximum Gasteiger partial charge on any atom is 0.0314 e. The molecule has 2 rings (SSSR count). The molecule has 1 aliphatic rings. The summed E-state index contributed by atoms with van der Waals surface area (Å²) in [6.45, 7) is 0. The monoisotopic (exact) mass is 309 g/mol. The first-order chi connectivity index (χ1) is 7.24. The SMILES string of the molecule is Nc1ccc(/C=C2\C=CC(I)=CC2)cc1. The van der Waals surface area contributed by atoms with Gasteiger partial charge in [-0.25, -0.2) is 0 Å². The summed E-state index contributed by atoms with van der Waals surface area (Å²) in [5, 5.41) is 0. The van der Waals surface area contributed by atoms with E-state index < -0.39 is 0 Å². The van der Waals surface area contributed by atoms with E-state index in [-0.39, 0.29) is 0 Å². The van der Waals surface area contributed by atoms with Crippen LogP contribution in [0.4, 0.5) is 5.69 Å². The minimum atomic E-state index is 0.811. The summed E-state index contributed by atoms with van der Waals surface area (Å²) < 4.78 is 1.31. The van der Waals surface area contributed by atoms with Gasteiger partial charge in [-0.05, 0) is 58.4 Å². The van der Waals surface area contributed by atoms with Crippen molar-refractivity contribution >= 4 is 34.4 Å². The van der Waals surface area contributed by atoms with Crippen molar-refractivity contribution in [2.24, 2.45) is 0 Å². The minimum absolute atomic E-state index is 0.811. The Hall–Kier alpha value is -1.03.